The van der Waals surface area contributed by atoms with Crippen LogP contribution >= 0.6 is 0 Å². The summed E-state index contributed by atoms with van der Waals surface area (Å²) in [6, 6.07) is 8.75. The minimum absolute atomic E-state index is 0.221. The van der Waals surface area contributed by atoms with E-state index in [1.807, 2.05) is 13.0 Å². The highest BCUT2D eigenvalue weighted by molar-refractivity contribution is 5.11. The van der Waals surface area contributed by atoms with Crippen molar-refractivity contribution in [1.82, 2.24) is 25.0 Å². The standard InChI is InChI=1S/C21H33N5O/c1-16(2)11-19-12-20(24-23-19)13-25-8-9-26(21(15-25)7-10-27)14-18-6-4-5-17(3)22-18/h4-6,12,16,21,27H,7-11,13-15H2,1-3H3,(H,23,24). The van der Waals surface area contributed by atoms with Gasteiger partial charge < -0.3 is 5.11 Å². The molecule has 2 N–H and O–H groups in total. The molecule has 1 fully saturated rings. The van der Waals surface area contributed by atoms with Crippen molar-refractivity contribution in [2.45, 2.75) is 52.7 Å². The molecular formula is C21H33N5O. The number of rotatable bonds is 8. The first-order valence-corrected chi connectivity index (χ1v) is 10.1. The molecule has 1 atom stereocenters. The van der Waals surface area contributed by atoms with Crippen molar-refractivity contribution in [3.8, 4) is 0 Å². The lowest BCUT2D eigenvalue weighted by atomic mass is 10.1. The number of pyridine rings is 1. The average Bonchev–Trinajstić information content (AvgIpc) is 3.03. The van der Waals surface area contributed by atoms with Crippen LogP contribution in [0.25, 0.3) is 0 Å². The lowest BCUT2D eigenvalue weighted by molar-refractivity contribution is 0.0485. The third-order valence-corrected chi connectivity index (χ3v) is 5.16. The summed E-state index contributed by atoms with van der Waals surface area (Å²) in [5.74, 6) is 0.619. The first-order chi connectivity index (χ1) is 13.0. The molecule has 3 rings (SSSR count). The van der Waals surface area contributed by atoms with E-state index in [-0.39, 0.29) is 6.61 Å². The van der Waals surface area contributed by atoms with Crippen LogP contribution in [0.3, 0.4) is 0 Å². The molecule has 0 radical (unpaired) electrons. The second-order valence-corrected chi connectivity index (χ2v) is 8.12. The molecule has 1 unspecified atom stereocenters. The molecule has 6 heteroatoms. The van der Waals surface area contributed by atoms with E-state index >= 15 is 0 Å². The summed E-state index contributed by atoms with van der Waals surface area (Å²) in [6.07, 6.45) is 1.81. The second kappa shape index (κ2) is 9.44. The van der Waals surface area contributed by atoms with Gasteiger partial charge in [0.05, 0.1) is 11.4 Å². The predicted molar refractivity (Wildman–Crippen MR) is 107 cm³/mol. The maximum atomic E-state index is 9.53. The summed E-state index contributed by atoms with van der Waals surface area (Å²) < 4.78 is 0. The Labute approximate surface area is 162 Å². The molecule has 1 aliphatic rings. The van der Waals surface area contributed by atoms with Crippen LogP contribution in [-0.2, 0) is 19.5 Å². The van der Waals surface area contributed by atoms with Crippen LogP contribution in [0.1, 0.15) is 43.0 Å². The Morgan fingerprint density at radius 3 is 2.81 bits per heavy atom. The van der Waals surface area contributed by atoms with Gasteiger partial charge in [0.25, 0.3) is 0 Å². The van der Waals surface area contributed by atoms with Crippen molar-refractivity contribution in [3.63, 3.8) is 0 Å². The first kappa shape index (κ1) is 20.0. The molecule has 27 heavy (non-hydrogen) atoms. The molecule has 0 saturated carbocycles. The summed E-state index contributed by atoms with van der Waals surface area (Å²) in [6.45, 7) is 11.4. The van der Waals surface area contributed by atoms with E-state index in [1.54, 1.807) is 0 Å². The smallest absolute Gasteiger partial charge is 0.0628 e. The Balaban J connectivity index is 1.59. The molecule has 148 valence electrons. The Morgan fingerprint density at radius 2 is 2.07 bits per heavy atom. The fourth-order valence-electron chi connectivity index (χ4n) is 3.88. The molecule has 0 amide bonds. The maximum Gasteiger partial charge on any atom is 0.0628 e. The third-order valence-electron chi connectivity index (χ3n) is 5.16. The van der Waals surface area contributed by atoms with E-state index in [0.717, 1.165) is 62.6 Å². The van der Waals surface area contributed by atoms with Gasteiger partial charge in [0.2, 0.25) is 0 Å². The molecule has 0 aromatic carbocycles. The number of nitrogens with one attached hydrogen (secondary N) is 1. The number of nitrogens with zero attached hydrogens (tertiary/aromatic N) is 4. The van der Waals surface area contributed by atoms with Crippen molar-refractivity contribution in [2.24, 2.45) is 5.92 Å². The first-order valence-electron chi connectivity index (χ1n) is 10.1. The van der Waals surface area contributed by atoms with Crippen LogP contribution in [0.15, 0.2) is 24.3 Å². The molecule has 0 aliphatic carbocycles. The zero-order chi connectivity index (χ0) is 19.2. The zero-order valence-corrected chi connectivity index (χ0v) is 16.9. The van der Waals surface area contributed by atoms with Gasteiger partial charge in [-0.25, -0.2) is 0 Å². The molecule has 0 spiro atoms. The predicted octanol–water partition coefficient (Wildman–Crippen LogP) is 2.38. The Hall–Kier alpha value is -1.76. The summed E-state index contributed by atoms with van der Waals surface area (Å²) >= 11 is 0. The van der Waals surface area contributed by atoms with E-state index in [0.29, 0.717) is 12.0 Å². The molecule has 2 aromatic heterocycles. The second-order valence-electron chi connectivity index (χ2n) is 8.12. The third kappa shape index (κ3) is 5.86. The van der Waals surface area contributed by atoms with Crippen LogP contribution in [0.5, 0.6) is 0 Å². The van der Waals surface area contributed by atoms with Gasteiger partial charge in [0.15, 0.2) is 0 Å². The summed E-state index contributed by atoms with van der Waals surface area (Å²) in [5, 5.41) is 17.2. The van der Waals surface area contributed by atoms with Crippen molar-refractivity contribution < 1.29 is 5.11 Å². The summed E-state index contributed by atoms with van der Waals surface area (Å²) in [5.41, 5.74) is 4.50. The van der Waals surface area contributed by atoms with Crippen LogP contribution in [0, 0.1) is 12.8 Å². The SMILES string of the molecule is Cc1cccc(CN2CCN(Cc3cc(CC(C)C)n[nH]3)CC2CCO)n1. The average molecular weight is 372 g/mol. The molecular weight excluding hydrogens is 338 g/mol. The number of aliphatic hydroxyl groups is 1. The van der Waals surface area contributed by atoms with E-state index in [4.69, 9.17) is 0 Å². The number of aliphatic hydroxyl groups excluding tert-OH is 1. The van der Waals surface area contributed by atoms with E-state index in [9.17, 15) is 5.11 Å². The van der Waals surface area contributed by atoms with Crippen LogP contribution in [0.4, 0.5) is 0 Å². The van der Waals surface area contributed by atoms with Gasteiger partial charge in [-0.1, -0.05) is 19.9 Å². The Kier molecular flexibility index (Phi) is 6.99. The monoisotopic (exact) mass is 371 g/mol. The van der Waals surface area contributed by atoms with Crippen LogP contribution in [0.2, 0.25) is 0 Å². The van der Waals surface area contributed by atoms with Gasteiger partial charge in [-0.2, -0.15) is 5.10 Å². The van der Waals surface area contributed by atoms with Gasteiger partial charge in [0, 0.05) is 56.8 Å². The number of H-pyrrole nitrogens is 1. The molecule has 6 nitrogen and oxygen atoms in total. The minimum Gasteiger partial charge on any atom is -0.396 e. The molecule has 1 saturated heterocycles. The number of aromatic amines is 1. The molecule has 3 heterocycles. The normalized spacial score (nSPS) is 19.1. The van der Waals surface area contributed by atoms with Crippen LogP contribution in [-0.4, -0.2) is 62.4 Å². The van der Waals surface area contributed by atoms with Crippen LogP contribution < -0.4 is 0 Å². The topological polar surface area (TPSA) is 68.3 Å². The van der Waals surface area contributed by atoms with Gasteiger partial charge in [0.1, 0.15) is 0 Å². The lowest BCUT2D eigenvalue weighted by Crippen LogP contribution is -2.52. The van der Waals surface area contributed by atoms with Crippen molar-refractivity contribution >= 4 is 0 Å². The summed E-state index contributed by atoms with van der Waals surface area (Å²) in [7, 11) is 0. The van der Waals surface area contributed by atoms with E-state index < -0.39 is 0 Å². The Morgan fingerprint density at radius 1 is 1.22 bits per heavy atom. The summed E-state index contributed by atoms with van der Waals surface area (Å²) in [4.78, 5) is 9.57. The number of hydrogen-bond acceptors (Lipinski definition) is 5. The van der Waals surface area contributed by atoms with Gasteiger partial charge >= 0.3 is 0 Å². The van der Waals surface area contributed by atoms with Gasteiger partial charge in [-0.15, -0.1) is 0 Å². The van der Waals surface area contributed by atoms with E-state index in [1.165, 1.54) is 5.69 Å². The fraction of sp³-hybridized carbons (Fsp3) is 0.619. The molecule has 2 aromatic rings. The fourth-order valence-corrected chi connectivity index (χ4v) is 3.88. The highest BCUT2D eigenvalue weighted by Crippen LogP contribution is 2.18. The van der Waals surface area contributed by atoms with Gasteiger partial charge in [-0.3, -0.25) is 19.9 Å². The molecule has 0 bridgehead atoms. The maximum absolute atomic E-state index is 9.53. The van der Waals surface area contributed by atoms with Gasteiger partial charge in [-0.05, 0) is 43.9 Å². The van der Waals surface area contributed by atoms with Crippen molar-refractivity contribution in [1.29, 1.82) is 0 Å². The zero-order valence-electron chi connectivity index (χ0n) is 16.9. The Bertz CT molecular complexity index is 714. The number of hydrogen-bond donors (Lipinski definition) is 2. The van der Waals surface area contributed by atoms with Crippen molar-refractivity contribution in [3.05, 3.63) is 47.0 Å². The van der Waals surface area contributed by atoms with Crippen molar-refractivity contribution in [2.75, 3.05) is 26.2 Å². The van der Waals surface area contributed by atoms with E-state index in [2.05, 4.69) is 57.0 Å². The molecule has 1 aliphatic heterocycles. The highest BCUT2D eigenvalue weighted by Gasteiger charge is 2.27. The minimum atomic E-state index is 0.221. The number of aromatic nitrogens is 3. The number of aryl methyl sites for hydroxylation is 1. The lowest BCUT2D eigenvalue weighted by Gasteiger charge is -2.41. The quantitative estimate of drug-likeness (QED) is 0.746. The highest BCUT2D eigenvalue weighted by atomic mass is 16.3. The largest absolute Gasteiger partial charge is 0.396 e. The number of piperazine rings is 1.